The zero-order valence-corrected chi connectivity index (χ0v) is 30.0. The molecule has 254 valence electrons. The van der Waals surface area contributed by atoms with Crippen LogP contribution in [0.3, 0.4) is 0 Å². The number of benzene rings is 3. The first kappa shape index (κ1) is 31.0. The third-order valence-electron chi connectivity index (χ3n) is 15.7. The molecule has 0 amide bonds. The lowest BCUT2D eigenvalue weighted by Crippen LogP contribution is -2.60. The van der Waals surface area contributed by atoms with Crippen molar-refractivity contribution in [2.24, 2.45) is 33.5 Å². The molecule has 4 saturated carbocycles. The molecule has 6 heteroatoms. The van der Waals surface area contributed by atoms with Crippen molar-refractivity contribution in [2.75, 3.05) is 0 Å². The maximum absolute atomic E-state index is 14.6. The molecular formula is C42H50O6. The Labute approximate surface area is 282 Å². The topological polar surface area (TPSA) is 86.7 Å². The van der Waals surface area contributed by atoms with Crippen molar-refractivity contribution in [3.05, 3.63) is 64.2 Å². The van der Waals surface area contributed by atoms with Crippen molar-refractivity contribution in [2.45, 2.75) is 143 Å². The van der Waals surface area contributed by atoms with E-state index in [-0.39, 0.29) is 33.5 Å². The molecule has 6 nitrogen and oxygen atoms in total. The molecule has 4 aliphatic carbocycles. The van der Waals surface area contributed by atoms with Gasteiger partial charge in [0.1, 0.15) is 22.7 Å². The van der Waals surface area contributed by atoms with Crippen LogP contribution in [-0.2, 0) is 0 Å². The van der Waals surface area contributed by atoms with Crippen molar-refractivity contribution < 1.29 is 9.47 Å². The van der Waals surface area contributed by atoms with Crippen LogP contribution in [0.25, 0.3) is 21.5 Å². The quantitative estimate of drug-likeness (QED) is 0.181. The van der Waals surface area contributed by atoms with Crippen LogP contribution in [0.4, 0.5) is 0 Å². The molecule has 9 rings (SSSR count). The first-order valence-corrected chi connectivity index (χ1v) is 18.6. The Bertz CT molecular complexity index is 2030. The van der Waals surface area contributed by atoms with E-state index in [1.165, 1.54) is 12.1 Å². The first-order chi connectivity index (χ1) is 22.4. The Morgan fingerprint density at radius 2 is 0.896 bits per heavy atom. The fourth-order valence-corrected chi connectivity index (χ4v) is 14.3. The summed E-state index contributed by atoms with van der Waals surface area (Å²) in [5.74, 6) is 1.09. The number of fused-ring (bicyclic) bond motifs is 10. The smallest absolute Gasteiger partial charge is 0.234 e. The molecule has 3 aromatic rings. The maximum atomic E-state index is 14.6. The van der Waals surface area contributed by atoms with Gasteiger partial charge >= 0.3 is 0 Å². The average molecular weight is 651 g/mol. The van der Waals surface area contributed by atoms with Gasteiger partial charge in [0, 0.05) is 45.5 Å². The molecule has 0 radical (unpaired) electrons. The largest absolute Gasteiger partial charge is 0.486 e. The lowest BCUT2D eigenvalue weighted by molar-refractivity contribution is -0.128. The van der Waals surface area contributed by atoms with Crippen LogP contribution in [0.2, 0.25) is 0 Å². The maximum Gasteiger partial charge on any atom is 0.234 e. The molecule has 2 aliphatic heterocycles. The van der Waals surface area contributed by atoms with Gasteiger partial charge in [0.2, 0.25) is 21.7 Å². The number of ether oxygens (including phenoxy) is 2. The average Bonchev–Trinajstić information content (AvgIpc) is 2.96. The third-order valence-corrected chi connectivity index (χ3v) is 15.7. The van der Waals surface area contributed by atoms with E-state index in [0.29, 0.717) is 44.9 Å². The summed E-state index contributed by atoms with van der Waals surface area (Å²) in [4.78, 5) is 56.8. The molecule has 3 aromatic carbocycles. The third kappa shape index (κ3) is 3.51. The minimum Gasteiger partial charge on any atom is -0.486 e. The zero-order valence-electron chi connectivity index (χ0n) is 30.0. The predicted molar refractivity (Wildman–Crippen MR) is 189 cm³/mol. The Morgan fingerprint density at radius 3 is 1.27 bits per heavy atom. The number of hydrogen-bond acceptors (Lipinski definition) is 6. The van der Waals surface area contributed by atoms with Crippen LogP contribution in [0.15, 0.2) is 31.3 Å². The van der Waals surface area contributed by atoms with Gasteiger partial charge in [0.25, 0.3) is 0 Å². The van der Waals surface area contributed by atoms with Crippen LogP contribution < -0.4 is 31.2 Å². The number of rotatable bonds is 0. The highest BCUT2D eigenvalue weighted by atomic mass is 16.5. The highest BCUT2D eigenvalue weighted by Gasteiger charge is 2.65. The Morgan fingerprint density at radius 1 is 0.521 bits per heavy atom. The van der Waals surface area contributed by atoms with E-state index < -0.39 is 32.9 Å². The molecule has 8 atom stereocenters. The molecule has 2 heterocycles. The molecule has 0 N–H and O–H groups in total. The normalized spacial score (nSPS) is 40.2. The minimum atomic E-state index is -0.704. The standard InChI is InChI=1S/C42H50O6/c1-37(2)13-9-15-39(5)25(37)11-17-41(7)35(39)31-27-23(47-41)19-22(44)34(46)30(27)32-28-24(20-21(43)33(45)29(28)31)48-42(8)18-12-26-38(3,4)14-10-16-40(26,6)36(32)42/h19-20,25-26,35-36H,9-18H2,1-8H3/t25-,26+,35-,36-,39+,40+,41+,42+/m1/s1. The van der Waals surface area contributed by atoms with Gasteiger partial charge in [-0.1, -0.05) is 54.4 Å². The van der Waals surface area contributed by atoms with E-state index in [2.05, 4.69) is 55.4 Å². The van der Waals surface area contributed by atoms with E-state index in [4.69, 9.17) is 9.47 Å². The van der Waals surface area contributed by atoms with E-state index in [9.17, 15) is 19.2 Å². The van der Waals surface area contributed by atoms with E-state index in [1.54, 1.807) is 0 Å². The zero-order chi connectivity index (χ0) is 34.1. The second-order valence-electron chi connectivity index (χ2n) is 19.3. The summed E-state index contributed by atoms with van der Waals surface area (Å²) in [6.07, 6.45) is 9.84. The Hall–Kier alpha value is -3.02. The van der Waals surface area contributed by atoms with Crippen molar-refractivity contribution in [1.82, 2.24) is 0 Å². The molecule has 0 unspecified atom stereocenters. The van der Waals surface area contributed by atoms with E-state index >= 15 is 0 Å². The lowest BCUT2D eigenvalue weighted by Gasteiger charge is -2.64. The number of hydrogen-bond donors (Lipinski definition) is 0. The summed E-state index contributed by atoms with van der Waals surface area (Å²) in [5, 5.41) is 2.08. The molecule has 0 saturated heterocycles. The van der Waals surface area contributed by atoms with E-state index in [1.807, 2.05) is 0 Å². The Balaban J connectivity index is 1.49. The summed E-state index contributed by atoms with van der Waals surface area (Å²) in [5.41, 5.74) is -2.34. The van der Waals surface area contributed by atoms with Crippen molar-refractivity contribution in [3.8, 4) is 11.5 Å². The molecule has 48 heavy (non-hydrogen) atoms. The van der Waals surface area contributed by atoms with Gasteiger partial charge in [0.15, 0.2) is 0 Å². The summed E-state index contributed by atoms with van der Waals surface area (Å²) in [6, 6.07) is 2.76. The van der Waals surface area contributed by atoms with Gasteiger partial charge in [-0.15, -0.1) is 0 Å². The van der Waals surface area contributed by atoms with Crippen molar-refractivity contribution in [1.29, 1.82) is 0 Å². The van der Waals surface area contributed by atoms with Crippen LogP contribution in [-0.4, -0.2) is 11.2 Å². The minimum absolute atomic E-state index is 0.0943. The van der Waals surface area contributed by atoms with Crippen LogP contribution >= 0.6 is 0 Å². The van der Waals surface area contributed by atoms with Gasteiger partial charge in [-0.05, 0) is 110 Å². The van der Waals surface area contributed by atoms with Crippen molar-refractivity contribution in [3.63, 3.8) is 0 Å². The van der Waals surface area contributed by atoms with Gasteiger partial charge in [0.05, 0.1) is 0 Å². The van der Waals surface area contributed by atoms with Crippen LogP contribution in [0.5, 0.6) is 11.5 Å². The first-order valence-electron chi connectivity index (χ1n) is 18.6. The molecule has 0 aromatic heterocycles. The molecule has 4 fully saturated rings. The Kier molecular flexibility index (Phi) is 5.82. The lowest BCUT2D eigenvalue weighted by atomic mass is 9.43. The summed E-state index contributed by atoms with van der Waals surface area (Å²) in [7, 11) is 0. The molecule has 0 bridgehead atoms. The highest BCUT2D eigenvalue weighted by molar-refractivity contribution is 6.12. The van der Waals surface area contributed by atoms with E-state index in [0.717, 1.165) is 75.3 Å². The second-order valence-corrected chi connectivity index (χ2v) is 19.3. The fraction of sp³-hybridized carbons (Fsp3) is 0.667. The van der Waals surface area contributed by atoms with Crippen LogP contribution in [0.1, 0.15) is 143 Å². The fourth-order valence-electron chi connectivity index (χ4n) is 14.3. The molecule has 0 spiro atoms. The summed E-state index contributed by atoms with van der Waals surface area (Å²) in [6.45, 7) is 18.5. The summed E-state index contributed by atoms with van der Waals surface area (Å²) < 4.78 is 14.1. The van der Waals surface area contributed by atoms with Crippen molar-refractivity contribution >= 4 is 21.5 Å². The second kappa shape index (κ2) is 9.01. The highest BCUT2D eigenvalue weighted by Crippen LogP contribution is 2.71. The van der Waals surface area contributed by atoms with Gasteiger partial charge in [-0.3, -0.25) is 19.2 Å². The molecular weight excluding hydrogens is 600 g/mol. The van der Waals surface area contributed by atoms with Gasteiger partial charge < -0.3 is 9.47 Å². The summed E-state index contributed by atoms with van der Waals surface area (Å²) >= 11 is 0. The monoisotopic (exact) mass is 650 g/mol. The SMILES string of the molecule is CC1(C)CCC[C@@]2(C)[C@@H]1CC[C@]1(C)Oc3cc(=O)c(=O)c4c5c6c(cc(=O)c(=O)c6c(c34)[C@H]21)O[C@@]1(C)CC[C@H]2C(C)(C)CCC[C@]2(C)[C@@H]51. The molecule has 6 aliphatic rings. The van der Waals surface area contributed by atoms with Crippen LogP contribution in [0, 0.1) is 33.5 Å². The predicted octanol–water partition coefficient (Wildman–Crippen LogP) is 8.03. The van der Waals surface area contributed by atoms with Gasteiger partial charge in [-0.25, -0.2) is 0 Å². The van der Waals surface area contributed by atoms with Gasteiger partial charge in [-0.2, -0.15) is 0 Å².